The Hall–Kier alpha value is -2.68. The van der Waals surface area contributed by atoms with Crippen LogP contribution in [0.1, 0.15) is 30.9 Å². The number of hydrogen-bond donors (Lipinski definition) is 2. The lowest BCUT2D eigenvalue weighted by molar-refractivity contribution is -0.132. The molecule has 2 saturated heterocycles. The van der Waals surface area contributed by atoms with Crippen LogP contribution in [0.4, 0.5) is 10.1 Å². The van der Waals surface area contributed by atoms with Crippen molar-refractivity contribution < 1.29 is 24.1 Å². The van der Waals surface area contributed by atoms with E-state index in [1.165, 1.54) is 19.1 Å². The third kappa shape index (κ3) is 6.75. The second-order valence-corrected chi connectivity index (χ2v) is 10.7. The number of aryl methyl sites for hydroxylation is 2. The number of aliphatic hydroxyl groups is 2. The zero-order chi connectivity index (χ0) is 25.9. The molecule has 36 heavy (non-hydrogen) atoms. The van der Waals surface area contributed by atoms with Crippen LogP contribution in [0.3, 0.4) is 0 Å². The van der Waals surface area contributed by atoms with E-state index in [0.717, 1.165) is 16.8 Å². The first-order valence-electron chi connectivity index (χ1n) is 12.7. The molecule has 0 aliphatic carbocycles. The van der Waals surface area contributed by atoms with E-state index in [9.17, 15) is 19.4 Å². The summed E-state index contributed by atoms with van der Waals surface area (Å²) in [5.74, 6) is 0.327. The van der Waals surface area contributed by atoms with Crippen LogP contribution >= 0.6 is 0 Å². The third-order valence-corrected chi connectivity index (χ3v) is 7.22. The van der Waals surface area contributed by atoms with Crippen molar-refractivity contribution in [2.45, 2.75) is 44.8 Å². The summed E-state index contributed by atoms with van der Waals surface area (Å²) in [4.78, 5) is 18.0. The van der Waals surface area contributed by atoms with Crippen LogP contribution in [-0.2, 0) is 4.79 Å². The fourth-order valence-corrected chi connectivity index (χ4v) is 5.40. The fourth-order valence-electron chi connectivity index (χ4n) is 5.40. The van der Waals surface area contributed by atoms with Crippen LogP contribution in [0.25, 0.3) is 0 Å². The van der Waals surface area contributed by atoms with E-state index < -0.39 is 11.2 Å². The number of carbonyl (C=O) groups excluding carboxylic acids is 1. The van der Waals surface area contributed by atoms with Crippen LogP contribution in [0, 0.1) is 19.7 Å². The number of anilines is 1. The van der Waals surface area contributed by atoms with E-state index >= 15 is 0 Å². The molecule has 1 amide bonds. The minimum atomic E-state index is -1.28. The van der Waals surface area contributed by atoms with E-state index in [1.807, 2.05) is 36.9 Å². The van der Waals surface area contributed by atoms with Gasteiger partial charge in [-0.25, -0.2) is 4.39 Å². The van der Waals surface area contributed by atoms with E-state index in [1.54, 1.807) is 11.0 Å². The number of piperidine rings is 1. The van der Waals surface area contributed by atoms with Crippen LogP contribution in [0.2, 0.25) is 0 Å². The van der Waals surface area contributed by atoms with E-state index in [4.69, 9.17) is 4.74 Å². The Bertz CT molecular complexity index is 1050. The highest BCUT2D eigenvalue weighted by atomic mass is 19.1. The number of amides is 1. The fraction of sp³-hybridized carbons (Fsp3) is 0.536. The molecule has 4 rings (SSSR count). The molecule has 0 aromatic heterocycles. The van der Waals surface area contributed by atoms with Crippen molar-refractivity contribution in [1.29, 1.82) is 0 Å². The quantitative estimate of drug-likeness (QED) is 0.637. The summed E-state index contributed by atoms with van der Waals surface area (Å²) >= 11 is 0. The molecule has 2 aromatic carbocycles. The number of rotatable bonds is 6. The van der Waals surface area contributed by atoms with Crippen LogP contribution in [0.15, 0.2) is 42.5 Å². The SMILES string of the molecule is CC(=O)N1CCN(CC2(O)CCN(c3cccc(F)c3)CC2)C[C@@](O)(COc2cc(C)cc(C)c2)C1. The van der Waals surface area contributed by atoms with Gasteiger partial charge in [0.15, 0.2) is 0 Å². The lowest BCUT2D eigenvalue weighted by Crippen LogP contribution is -2.55. The van der Waals surface area contributed by atoms with Gasteiger partial charge in [0, 0.05) is 51.9 Å². The van der Waals surface area contributed by atoms with Gasteiger partial charge in [-0.3, -0.25) is 9.69 Å². The van der Waals surface area contributed by atoms with Crippen molar-refractivity contribution in [3.8, 4) is 5.75 Å². The highest BCUT2D eigenvalue weighted by Gasteiger charge is 2.41. The first kappa shape index (κ1) is 26.4. The van der Waals surface area contributed by atoms with Crippen LogP contribution in [0.5, 0.6) is 5.75 Å². The van der Waals surface area contributed by atoms with Gasteiger partial charge in [0.25, 0.3) is 0 Å². The molecule has 1 atom stereocenters. The molecule has 8 heteroatoms. The zero-order valence-electron chi connectivity index (χ0n) is 21.5. The smallest absolute Gasteiger partial charge is 0.219 e. The van der Waals surface area contributed by atoms with E-state index in [2.05, 4.69) is 11.0 Å². The Morgan fingerprint density at radius 1 is 0.972 bits per heavy atom. The topological polar surface area (TPSA) is 76.5 Å². The van der Waals surface area contributed by atoms with Gasteiger partial charge in [-0.15, -0.1) is 0 Å². The number of halogens is 1. The lowest BCUT2D eigenvalue weighted by Gasteiger charge is -2.42. The number of carbonyl (C=O) groups is 1. The van der Waals surface area contributed by atoms with Gasteiger partial charge in [0.05, 0.1) is 12.1 Å². The largest absolute Gasteiger partial charge is 0.490 e. The zero-order valence-corrected chi connectivity index (χ0v) is 21.5. The summed E-state index contributed by atoms with van der Waals surface area (Å²) in [6.07, 6.45) is 1.07. The monoisotopic (exact) mass is 499 g/mol. The maximum Gasteiger partial charge on any atom is 0.219 e. The Kier molecular flexibility index (Phi) is 7.87. The first-order valence-corrected chi connectivity index (χ1v) is 12.7. The summed E-state index contributed by atoms with van der Waals surface area (Å²) in [5.41, 5.74) is 0.776. The normalized spacial score (nSPS) is 22.8. The summed E-state index contributed by atoms with van der Waals surface area (Å²) < 4.78 is 19.7. The summed E-state index contributed by atoms with van der Waals surface area (Å²) in [5, 5.41) is 23.0. The van der Waals surface area contributed by atoms with Crippen LogP contribution in [-0.4, -0.2) is 89.5 Å². The molecule has 196 valence electrons. The van der Waals surface area contributed by atoms with Gasteiger partial charge in [0.2, 0.25) is 5.91 Å². The lowest BCUT2D eigenvalue weighted by atomic mass is 9.90. The van der Waals surface area contributed by atoms with Crippen molar-refractivity contribution in [1.82, 2.24) is 9.80 Å². The minimum absolute atomic E-state index is 0.0436. The third-order valence-electron chi connectivity index (χ3n) is 7.22. The highest BCUT2D eigenvalue weighted by Crippen LogP contribution is 2.29. The Balaban J connectivity index is 1.42. The van der Waals surface area contributed by atoms with Crippen molar-refractivity contribution >= 4 is 11.6 Å². The van der Waals surface area contributed by atoms with Crippen molar-refractivity contribution in [3.05, 3.63) is 59.4 Å². The average Bonchev–Trinajstić information content (AvgIpc) is 2.96. The van der Waals surface area contributed by atoms with Gasteiger partial charge in [0.1, 0.15) is 23.8 Å². The molecule has 2 aliphatic heterocycles. The molecule has 0 bridgehead atoms. The highest BCUT2D eigenvalue weighted by molar-refractivity contribution is 5.73. The van der Waals surface area contributed by atoms with Gasteiger partial charge < -0.3 is 24.7 Å². The second kappa shape index (κ2) is 10.7. The first-order chi connectivity index (χ1) is 17.0. The number of ether oxygens (including phenoxy) is 1. The number of hydrogen-bond acceptors (Lipinski definition) is 6. The maximum atomic E-state index is 13.6. The molecule has 0 saturated carbocycles. The number of nitrogens with zero attached hydrogens (tertiary/aromatic N) is 3. The number of benzene rings is 2. The molecule has 2 heterocycles. The van der Waals surface area contributed by atoms with Crippen molar-refractivity contribution in [3.63, 3.8) is 0 Å². The molecule has 0 radical (unpaired) electrons. The summed E-state index contributed by atoms with van der Waals surface area (Å²) in [6, 6.07) is 12.5. The molecule has 7 nitrogen and oxygen atoms in total. The van der Waals surface area contributed by atoms with Gasteiger partial charge in [-0.1, -0.05) is 12.1 Å². The molecule has 0 unspecified atom stereocenters. The molecular weight excluding hydrogens is 461 g/mol. The van der Waals surface area contributed by atoms with Gasteiger partial charge in [-0.05, 0) is 68.1 Å². The predicted octanol–water partition coefficient (Wildman–Crippen LogP) is 2.75. The van der Waals surface area contributed by atoms with Crippen molar-refractivity contribution in [2.75, 3.05) is 57.3 Å². The van der Waals surface area contributed by atoms with E-state index in [0.29, 0.717) is 51.3 Å². The Morgan fingerprint density at radius 3 is 2.31 bits per heavy atom. The van der Waals surface area contributed by atoms with Gasteiger partial charge >= 0.3 is 0 Å². The summed E-state index contributed by atoms with van der Waals surface area (Å²) in [6.45, 7) is 8.68. The Morgan fingerprint density at radius 2 is 1.67 bits per heavy atom. The molecule has 2 fully saturated rings. The standard InChI is InChI=1S/C28H38FN3O4/c1-21-13-22(2)15-26(14-21)36-20-28(35)18-30(11-12-32(19-28)23(3)33)17-27(34)7-9-31(10-8-27)25-6-4-5-24(29)16-25/h4-6,13-16,34-35H,7-12,17-20H2,1-3H3/t28-/m0/s1. The molecule has 2 N–H and O–H groups in total. The minimum Gasteiger partial charge on any atom is -0.490 e. The molecule has 0 spiro atoms. The number of β-amino-alcohol motifs (C(OH)–C–C–N with tert-alkyl or cyclic N) is 2. The van der Waals surface area contributed by atoms with Crippen LogP contribution < -0.4 is 9.64 Å². The predicted molar refractivity (Wildman–Crippen MR) is 138 cm³/mol. The maximum absolute atomic E-state index is 13.6. The molecule has 2 aliphatic rings. The summed E-state index contributed by atoms with van der Waals surface area (Å²) in [7, 11) is 0. The molecule has 2 aromatic rings. The van der Waals surface area contributed by atoms with Gasteiger partial charge in [-0.2, -0.15) is 0 Å². The van der Waals surface area contributed by atoms with Crippen molar-refractivity contribution in [2.24, 2.45) is 0 Å². The average molecular weight is 500 g/mol. The van der Waals surface area contributed by atoms with E-state index in [-0.39, 0.29) is 31.4 Å². The molecular formula is C28H38FN3O4. The second-order valence-electron chi connectivity index (χ2n) is 10.7. The Labute approximate surface area is 213 Å².